The van der Waals surface area contributed by atoms with Crippen LogP contribution >= 0.6 is 11.6 Å². The number of hydrogen-bond acceptors (Lipinski definition) is 5. The maximum atomic E-state index is 11.5. The number of carbonyl (C=O) groups excluding carboxylic acids is 1. The molecular weight excluding hydrogens is 390 g/mol. The summed E-state index contributed by atoms with van der Waals surface area (Å²) in [6.07, 6.45) is 3.39. The summed E-state index contributed by atoms with van der Waals surface area (Å²) in [6, 6.07) is 13.6. The lowest BCUT2D eigenvalue weighted by molar-refractivity contribution is -0.145. The van der Waals surface area contributed by atoms with Crippen molar-refractivity contribution in [1.29, 1.82) is 0 Å². The first-order chi connectivity index (χ1) is 14.0. The second-order valence-electron chi connectivity index (χ2n) is 7.30. The lowest BCUT2D eigenvalue weighted by Crippen LogP contribution is -2.34. The SMILES string of the molecule is CCOC(=O)COc1ccc2c(c1)C[C@@H](NC[C@@H](O)c1cccc(Cl)c1)CCC2. The van der Waals surface area contributed by atoms with E-state index in [1.54, 1.807) is 19.1 Å². The number of carbonyl (C=O) groups is 1. The highest BCUT2D eigenvalue weighted by Gasteiger charge is 2.19. The fourth-order valence-corrected chi connectivity index (χ4v) is 3.86. The monoisotopic (exact) mass is 417 g/mol. The Morgan fingerprint density at radius 1 is 1.28 bits per heavy atom. The van der Waals surface area contributed by atoms with E-state index in [9.17, 15) is 9.90 Å². The predicted molar refractivity (Wildman–Crippen MR) is 113 cm³/mol. The molecule has 0 saturated heterocycles. The highest BCUT2D eigenvalue weighted by atomic mass is 35.5. The van der Waals surface area contributed by atoms with Gasteiger partial charge in [0.15, 0.2) is 6.61 Å². The first-order valence-electron chi connectivity index (χ1n) is 10.1. The van der Waals surface area contributed by atoms with E-state index in [-0.39, 0.29) is 18.6 Å². The van der Waals surface area contributed by atoms with Crippen molar-refractivity contribution >= 4 is 17.6 Å². The van der Waals surface area contributed by atoms with Gasteiger partial charge in [-0.3, -0.25) is 0 Å². The van der Waals surface area contributed by atoms with Crippen LogP contribution in [0.5, 0.6) is 5.75 Å². The summed E-state index contributed by atoms with van der Waals surface area (Å²) in [5, 5.41) is 14.6. The Labute approximate surface area is 177 Å². The van der Waals surface area contributed by atoms with E-state index < -0.39 is 6.10 Å². The number of esters is 1. The summed E-state index contributed by atoms with van der Waals surface area (Å²) in [5.74, 6) is 0.313. The predicted octanol–water partition coefficient (Wildman–Crippen LogP) is 3.85. The molecule has 0 fully saturated rings. The summed E-state index contributed by atoms with van der Waals surface area (Å²) < 4.78 is 10.5. The van der Waals surface area contributed by atoms with Crippen molar-refractivity contribution in [2.75, 3.05) is 19.8 Å². The molecule has 5 nitrogen and oxygen atoms in total. The standard InChI is InChI=1S/C23H28ClNO4/c1-2-28-23(27)15-29-21-10-9-16-5-4-8-20(12-18(16)13-21)25-14-22(26)17-6-3-7-19(24)11-17/h3,6-7,9-11,13,20,22,25-26H,2,4-5,8,12,14-15H2,1H3/t20-,22+/m0/s1. The van der Waals surface area contributed by atoms with Gasteiger partial charge in [0, 0.05) is 17.6 Å². The second kappa shape index (κ2) is 10.6. The van der Waals surface area contributed by atoms with Gasteiger partial charge in [0.05, 0.1) is 12.7 Å². The van der Waals surface area contributed by atoms with Gasteiger partial charge >= 0.3 is 5.97 Å². The lowest BCUT2D eigenvalue weighted by Gasteiger charge is -2.20. The summed E-state index contributed by atoms with van der Waals surface area (Å²) in [7, 11) is 0. The van der Waals surface area contributed by atoms with E-state index in [0.717, 1.165) is 31.2 Å². The average molecular weight is 418 g/mol. The molecule has 6 heteroatoms. The zero-order valence-electron chi connectivity index (χ0n) is 16.7. The van der Waals surface area contributed by atoms with Crippen LogP contribution in [0.1, 0.15) is 42.6 Å². The Morgan fingerprint density at radius 3 is 2.93 bits per heavy atom. The van der Waals surface area contributed by atoms with Gasteiger partial charge < -0.3 is 19.9 Å². The van der Waals surface area contributed by atoms with E-state index in [2.05, 4.69) is 11.4 Å². The van der Waals surface area contributed by atoms with Crippen LogP contribution in [0.3, 0.4) is 0 Å². The molecule has 0 radical (unpaired) electrons. The Kier molecular flexibility index (Phi) is 7.92. The van der Waals surface area contributed by atoms with Crippen LogP contribution in [0.25, 0.3) is 0 Å². The van der Waals surface area contributed by atoms with Gasteiger partial charge in [-0.1, -0.05) is 29.8 Å². The topological polar surface area (TPSA) is 67.8 Å². The second-order valence-corrected chi connectivity index (χ2v) is 7.73. The number of benzene rings is 2. The largest absolute Gasteiger partial charge is 0.482 e. The zero-order valence-corrected chi connectivity index (χ0v) is 17.5. The number of hydrogen-bond donors (Lipinski definition) is 2. The van der Waals surface area contributed by atoms with Gasteiger partial charge in [-0.15, -0.1) is 0 Å². The van der Waals surface area contributed by atoms with Crippen LogP contribution in [0.2, 0.25) is 5.02 Å². The molecule has 0 bridgehead atoms. The van der Waals surface area contributed by atoms with Crippen molar-refractivity contribution < 1.29 is 19.4 Å². The van der Waals surface area contributed by atoms with Gasteiger partial charge in [0.2, 0.25) is 0 Å². The number of ether oxygens (including phenoxy) is 2. The molecular formula is C23H28ClNO4. The van der Waals surface area contributed by atoms with E-state index in [1.165, 1.54) is 11.1 Å². The Morgan fingerprint density at radius 2 is 2.14 bits per heavy atom. The van der Waals surface area contributed by atoms with Crippen LogP contribution in [0, 0.1) is 0 Å². The molecule has 2 aromatic rings. The van der Waals surface area contributed by atoms with Crippen molar-refractivity contribution in [3.8, 4) is 5.75 Å². The average Bonchev–Trinajstić information content (AvgIpc) is 2.92. The van der Waals surface area contributed by atoms with Crippen molar-refractivity contribution in [1.82, 2.24) is 5.32 Å². The summed E-state index contributed by atoms with van der Waals surface area (Å²) in [4.78, 5) is 11.5. The van der Waals surface area contributed by atoms with Gasteiger partial charge in [-0.2, -0.15) is 0 Å². The van der Waals surface area contributed by atoms with E-state index in [4.69, 9.17) is 21.1 Å². The molecule has 0 spiro atoms. The van der Waals surface area contributed by atoms with Gasteiger partial charge in [0.1, 0.15) is 5.75 Å². The lowest BCUT2D eigenvalue weighted by atomic mass is 10.0. The minimum atomic E-state index is -0.601. The molecule has 29 heavy (non-hydrogen) atoms. The maximum absolute atomic E-state index is 11.5. The molecule has 0 amide bonds. The van der Waals surface area contributed by atoms with E-state index in [1.807, 2.05) is 24.3 Å². The zero-order chi connectivity index (χ0) is 20.6. The number of halogens is 1. The molecule has 0 saturated carbocycles. The fourth-order valence-electron chi connectivity index (χ4n) is 3.66. The van der Waals surface area contributed by atoms with E-state index >= 15 is 0 Å². The molecule has 1 aliphatic rings. The van der Waals surface area contributed by atoms with Crippen molar-refractivity contribution in [2.24, 2.45) is 0 Å². The third-order valence-corrected chi connectivity index (χ3v) is 5.37. The quantitative estimate of drug-likeness (QED) is 0.504. The number of rotatable bonds is 8. The summed E-state index contributed by atoms with van der Waals surface area (Å²) >= 11 is 6.02. The van der Waals surface area contributed by atoms with Gasteiger partial charge in [-0.05, 0) is 73.6 Å². The smallest absolute Gasteiger partial charge is 0.344 e. The number of aryl methyl sites for hydroxylation is 1. The van der Waals surface area contributed by atoms with E-state index in [0.29, 0.717) is 23.9 Å². The molecule has 0 unspecified atom stereocenters. The molecule has 156 valence electrons. The highest BCUT2D eigenvalue weighted by molar-refractivity contribution is 6.30. The summed E-state index contributed by atoms with van der Waals surface area (Å²) in [5.41, 5.74) is 3.35. The fraction of sp³-hybridized carbons (Fsp3) is 0.435. The summed E-state index contributed by atoms with van der Waals surface area (Å²) in [6.45, 7) is 2.51. The molecule has 1 aliphatic carbocycles. The normalized spacial score (nSPS) is 17.1. The minimum Gasteiger partial charge on any atom is -0.482 e. The minimum absolute atomic E-state index is 0.0832. The maximum Gasteiger partial charge on any atom is 0.344 e. The first-order valence-corrected chi connectivity index (χ1v) is 10.5. The van der Waals surface area contributed by atoms with Crippen LogP contribution in [0.4, 0.5) is 0 Å². The highest BCUT2D eigenvalue weighted by Crippen LogP contribution is 2.26. The first kappa shape index (κ1) is 21.6. The Hall–Kier alpha value is -2.08. The molecule has 3 rings (SSSR count). The number of aliphatic hydroxyl groups excluding tert-OH is 1. The third kappa shape index (κ3) is 6.46. The Balaban J connectivity index is 1.58. The van der Waals surface area contributed by atoms with Crippen molar-refractivity contribution in [3.05, 3.63) is 64.2 Å². The molecule has 2 N–H and O–H groups in total. The Bertz CT molecular complexity index is 826. The molecule has 2 atom stereocenters. The van der Waals surface area contributed by atoms with Crippen LogP contribution in [0.15, 0.2) is 42.5 Å². The third-order valence-electron chi connectivity index (χ3n) is 5.14. The van der Waals surface area contributed by atoms with Crippen LogP contribution in [-0.2, 0) is 22.4 Å². The van der Waals surface area contributed by atoms with Crippen LogP contribution < -0.4 is 10.1 Å². The van der Waals surface area contributed by atoms with Crippen LogP contribution in [-0.4, -0.2) is 36.9 Å². The molecule has 0 aliphatic heterocycles. The number of nitrogens with one attached hydrogen (secondary N) is 1. The molecule has 0 aromatic heterocycles. The molecule has 0 heterocycles. The number of aliphatic hydroxyl groups is 1. The van der Waals surface area contributed by atoms with Gasteiger partial charge in [0.25, 0.3) is 0 Å². The van der Waals surface area contributed by atoms with Crippen molar-refractivity contribution in [2.45, 2.75) is 44.8 Å². The van der Waals surface area contributed by atoms with Gasteiger partial charge in [-0.25, -0.2) is 4.79 Å². The number of fused-ring (bicyclic) bond motifs is 1. The van der Waals surface area contributed by atoms with Crippen molar-refractivity contribution in [3.63, 3.8) is 0 Å². The molecule has 2 aromatic carbocycles.